The van der Waals surface area contributed by atoms with Gasteiger partial charge in [0.05, 0.1) is 18.1 Å². The SMILES string of the molecule is COc1cccc(Nc2nc3cc(Oc4ccncc4)ccc3[nH]2)c1. The van der Waals surface area contributed by atoms with Crippen molar-refractivity contribution in [3.05, 3.63) is 67.0 Å². The number of nitrogens with one attached hydrogen (secondary N) is 2. The summed E-state index contributed by atoms with van der Waals surface area (Å²) in [5.74, 6) is 2.90. The van der Waals surface area contributed by atoms with Crippen molar-refractivity contribution in [2.24, 2.45) is 0 Å². The Hall–Kier alpha value is -3.54. The lowest BCUT2D eigenvalue weighted by atomic mass is 10.3. The first kappa shape index (κ1) is 15.0. The predicted octanol–water partition coefficient (Wildman–Crippen LogP) is 4.50. The maximum atomic E-state index is 5.81. The van der Waals surface area contributed by atoms with E-state index in [-0.39, 0.29) is 0 Å². The summed E-state index contributed by atoms with van der Waals surface area (Å²) in [6, 6.07) is 17.0. The van der Waals surface area contributed by atoms with Crippen LogP contribution in [0.1, 0.15) is 0 Å². The molecule has 0 saturated carbocycles. The Morgan fingerprint density at radius 3 is 2.64 bits per heavy atom. The zero-order chi connectivity index (χ0) is 17.1. The number of ether oxygens (including phenoxy) is 2. The van der Waals surface area contributed by atoms with Crippen molar-refractivity contribution in [1.29, 1.82) is 0 Å². The van der Waals surface area contributed by atoms with Crippen molar-refractivity contribution < 1.29 is 9.47 Å². The number of hydrogen-bond acceptors (Lipinski definition) is 5. The molecule has 0 fully saturated rings. The van der Waals surface area contributed by atoms with Crippen molar-refractivity contribution in [3.8, 4) is 17.2 Å². The number of aromatic nitrogens is 3. The van der Waals surface area contributed by atoms with Crippen LogP contribution in [0.3, 0.4) is 0 Å². The molecule has 4 rings (SSSR count). The standard InChI is InChI=1S/C19H16N4O2/c1-24-15-4-2-3-13(11-15)21-19-22-17-6-5-16(12-18(17)23-19)25-14-7-9-20-10-8-14/h2-12H,1H3,(H2,21,22,23). The average molecular weight is 332 g/mol. The molecule has 6 nitrogen and oxygen atoms in total. The Morgan fingerprint density at radius 1 is 0.920 bits per heavy atom. The summed E-state index contributed by atoms with van der Waals surface area (Å²) < 4.78 is 11.0. The summed E-state index contributed by atoms with van der Waals surface area (Å²) in [6.45, 7) is 0. The van der Waals surface area contributed by atoms with Gasteiger partial charge in [0.25, 0.3) is 0 Å². The van der Waals surface area contributed by atoms with Crippen molar-refractivity contribution in [2.75, 3.05) is 12.4 Å². The van der Waals surface area contributed by atoms with E-state index in [1.807, 2.05) is 54.6 Å². The average Bonchev–Trinajstić information content (AvgIpc) is 3.04. The highest BCUT2D eigenvalue weighted by Crippen LogP contribution is 2.26. The lowest BCUT2D eigenvalue weighted by Crippen LogP contribution is -1.92. The van der Waals surface area contributed by atoms with Gasteiger partial charge < -0.3 is 19.8 Å². The number of rotatable bonds is 5. The molecule has 6 heteroatoms. The second-order valence-electron chi connectivity index (χ2n) is 5.41. The normalized spacial score (nSPS) is 10.6. The molecule has 0 atom stereocenters. The minimum atomic E-state index is 0.657. The minimum Gasteiger partial charge on any atom is -0.497 e. The molecule has 0 spiro atoms. The summed E-state index contributed by atoms with van der Waals surface area (Å²) in [5.41, 5.74) is 2.64. The molecular formula is C19H16N4O2. The van der Waals surface area contributed by atoms with Crippen molar-refractivity contribution in [3.63, 3.8) is 0 Å². The summed E-state index contributed by atoms with van der Waals surface area (Å²) in [4.78, 5) is 11.8. The third-order valence-electron chi connectivity index (χ3n) is 3.67. The van der Waals surface area contributed by atoms with Crippen LogP contribution in [0.25, 0.3) is 11.0 Å². The van der Waals surface area contributed by atoms with Gasteiger partial charge in [-0.25, -0.2) is 4.98 Å². The van der Waals surface area contributed by atoms with E-state index < -0.39 is 0 Å². The van der Waals surface area contributed by atoms with Crippen molar-refractivity contribution in [2.45, 2.75) is 0 Å². The number of imidazole rings is 1. The van der Waals surface area contributed by atoms with Gasteiger partial charge in [0.2, 0.25) is 5.95 Å². The first-order valence-corrected chi connectivity index (χ1v) is 7.79. The van der Waals surface area contributed by atoms with Crippen LogP contribution in [-0.4, -0.2) is 22.1 Å². The lowest BCUT2D eigenvalue weighted by Gasteiger charge is -2.04. The zero-order valence-corrected chi connectivity index (χ0v) is 13.6. The Kier molecular flexibility index (Phi) is 3.92. The quantitative estimate of drug-likeness (QED) is 0.563. The zero-order valence-electron chi connectivity index (χ0n) is 13.6. The Balaban J connectivity index is 1.57. The number of nitrogens with zero attached hydrogens (tertiary/aromatic N) is 2. The first-order chi connectivity index (χ1) is 12.3. The topological polar surface area (TPSA) is 72.1 Å². The molecule has 0 amide bonds. The molecule has 0 saturated heterocycles. The molecule has 0 unspecified atom stereocenters. The number of pyridine rings is 1. The molecular weight excluding hydrogens is 316 g/mol. The third kappa shape index (κ3) is 3.37. The van der Waals surface area contributed by atoms with Gasteiger partial charge in [-0.2, -0.15) is 0 Å². The maximum Gasteiger partial charge on any atom is 0.205 e. The molecule has 124 valence electrons. The van der Waals surface area contributed by atoms with E-state index in [2.05, 4.69) is 20.3 Å². The van der Waals surface area contributed by atoms with Gasteiger partial charge in [0, 0.05) is 30.2 Å². The molecule has 0 radical (unpaired) electrons. The van der Waals surface area contributed by atoms with Crippen LogP contribution in [0.4, 0.5) is 11.6 Å². The van der Waals surface area contributed by atoms with E-state index in [9.17, 15) is 0 Å². The maximum absolute atomic E-state index is 5.81. The van der Waals surface area contributed by atoms with E-state index in [1.54, 1.807) is 19.5 Å². The fourth-order valence-corrected chi connectivity index (χ4v) is 2.49. The highest BCUT2D eigenvalue weighted by atomic mass is 16.5. The van der Waals surface area contributed by atoms with Crippen LogP contribution in [0, 0.1) is 0 Å². The Bertz CT molecular complexity index is 999. The Labute approximate surface area is 144 Å². The van der Waals surface area contributed by atoms with Gasteiger partial charge in [-0.05, 0) is 36.4 Å². The molecule has 0 aliphatic rings. The van der Waals surface area contributed by atoms with Crippen LogP contribution >= 0.6 is 0 Å². The van der Waals surface area contributed by atoms with E-state index in [0.717, 1.165) is 34.0 Å². The summed E-state index contributed by atoms with van der Waals surface area (Å²) in [7, 11) is 1.64. The van der Waals surface area contributed by atoms with Gasteiger partial charge in [-0.1, -0.05) is 6.07 Å². The van der Waals surface area contributed by atoms with Gasteiger partial charge in [-0.15, -0.1) is 0 Å². The number of anilines is 2. The van der Waals surface area contributed by atoms with Crippen LogP contribution in [0.2, 0.25) is 0 Å². The van der Waals surface area contributed by atoms with Crippen LogP contribution < -0.4 is 14.8 Å². The number of aromatic amines is 1. The second kappa shape index (κ2) is 6.52. The first-order valence-electron chi connectivity index (χ1n) is 7.79. The predicted molar refractivity (Wildman–Crippen MR) is 96.7 cm³/mol. The van der Waals surface area contributed by atoms with Gasteiger partial charge >= 0.3 is 0 Å². The number of methoxy groups -OCH3 is 1. The highest BCUT2D eigenvalue weighted by molar-refractivity contribution is 5.80. The monoisotopic (exact) mass is 332 g/mol. The van der Waals surface area contributed by atoms with Gasteiger partial charge in [-0.3, -0.25) is 4.98 Å². The summed E-state index contributed by atoms with van der Waals surface area (Å²) in [5, 5.41) is 3.24. The molecule has 0 aliphatic heterocycles. The third-order valence-corrected chi connectivity index (χ3v) is 3.67. The molecule has 2 N–H and O–H groups in total. The summed E-state index contributed by atoms with van der Waals surface area (Å²) >= 11 is 0. The van der Waals surface area contributed by atoms with E-state index in [0.29, 0.717) is 5.95 Å². The molecule has 4 aromatic rings. The molecule has 0 aliphatic carbocycles. The largest absolute Gasteiger partial charge is 0.497 e. The number of H-pyrrole nitrogens is 1. The number of fused-ring (bicyclic) bond motifs is 1. The molecule has 2 heterocycles. The number of benzene rings is 2. The minimum absolute atomic E-state index is 0.657. The summed E-state index contributed by atoms with van der Waals surface area (Å²) in [6.07, 6.45) is 3.39. The van der Waals surface area contributed by atoms with Crippen LogP contribution in [-0.2, 0) is 0 Å². The van der Waals surface area contributed by atoms with Crippen molar-refractivity contribution >= 4 is 22.7 Å². The fraction of sp³-hybridized carbons (Fsp3) is 0.0526. The molecule has 2 aromatic heterocycles. The van der Waals surface area contributed by atoms with Gasteiger partial charge in [0.15, 0.2) is 0 Å². The van der Waals surface area contributed by atoms with E-state index in [1.165, 1.54) is 0 Å². The highest BCUT2D eigenvalue weighted by Gasteiger charge is 2.06. The van der Waals surface area contributed by atoms with Crippen LogP contribution in [0.5, 0.6) is 17.2 Å². The smallest absolute Gasteiger partial charge is 0.205 e. The van der Waals surface area contributed by atoms with Crippen molar-refractivity contribution in [1.82, 2.24) is 15.0 Å². The molecule has 2 aromatic carbocycles. The molecule has 25 heavy (non-hydrogen) atoms. The van der Waals surface area contributed by atoms with E-state index >= 15 is 0 Å². The number of hydrogen-bond donors (Lipinski definition) is 2. The fourth-order valence-electron chi connectivity index (χ4n) is 2.49. The second-order valence-corrected chi connectivity index (χ2v) is 5.41. The van der Waals surface area contributed by atoms with E-state index in [4.69, 9.17) is 9.47 Å². The molecule has 0 bridgehead atoms. The van der Waals surface area contributed by atoms with Crippen LogP contribution in [0.15, 0.2) is 67.0 Å². The lowest BCUT2D eigenvalue weighted by molar-refractivity contribution is 0.415. The Morgan fingerprint density at radius 2 is 1.80 bits per heavy atom. The van der Waals surface area contributed by atoms with Gasteiger partial charge in [0.1, 0.15) is 17.2 Å².